The number of aliphatic carboxylic acids is 1. The van der Waals surface area contributed by atoms with E-state index < -0.39 is 24.0 Å². The van der Waals surface area contributed by atoms with E-state index >= 15 is 0 Å². The third-order valence-electron chi connectivity index (χ3n) is 2.07. The Morgan fingerprint density at radius 1 is 1.50 bits per heavy atom. The predicted molar refractivity (Wildman–Crippen MR) is 49.1 cm³/mol. The van der Waals surface area contributed by atoms with E-state index in [4.69, 9.17) is 5.11 Å². The SMILES string of the molecule is O=C(O)CC(F)(F)c1cnc2cnccn12. The van der Waals surface area contributed by atoms with Gasteiger partial charge in [0.25, 0.3) is 5.92 Å². The van der Waals surface area contributed by atoms with Crippen molar-refractivity contribution in [2.45, 2.75) is 12.3 Å². The molecule has 2 aromatic rings. The number of rotatable bonds is 3. The molecule has 5 nitrogen and oxygen atoms in total. The molecule has 0 bridgehead atoms. The monoisotopic (exact) mass is 227 g/mol. The van der Waals surface area contributed by atoms with Crippen molar-refractivity contribution < 1.29 is 18.7 Å². The Morgan fingerprint density at radius 2 is 2.25 bits per heavy atom. The van der Waals surface area contributed by atoms with E-state index in [0.29, 0.717) is 0 Å². The average Bonchev–Trinajstić information content (AvgIpc) is 2.59. The van der Waals surface area contributed by atoms with Gasteiger partial charge >= 0.3 is 5.97 Å². The molecule has 1 N–H and O–H groups in total. The fourth-order valence-electron chi connectivity index (χ4n) is 1.39. The molecular formula is C9H7F2N3O2. The van der Waals surface area contributed by atoms with Crippen LogP contribution in [-0.2, 0) is 10.7 Å². The van der Waals surface area contributed by atoms with Gasteiger partial charge < -0.3 is 5.11 Å². The first-order valence-electron chi connectivity index (χ1n) is 4.38. The van der Waals surface area contributed by atoms with Gasteiger partial charge in [-0.05, 0) is 0 Å². The largest absolute Gasteiger partial charge is 0.481 e. The number of carboxylic acid groups (broad SMARTS) is 1. The summed E-state index contributed by atoms with van der Waals surface area (Å²) in [6.45, 7) is 0. The van der Waals surface area contributed by atoms with E-state index in [9.17, 15) is 13.6 Å². The second-order valence-electron chi connectivity index (χ2n) is 3.22. The number of carboxylic acids is 1. The smallest absolute Gasteiger partial charge is 0.309 e. The minimum Gasteiger partial charge on any atom is -0.481 e. The number of fused-ring (bicyclic) bond motifs is 1. The number of imidazole rings is 1. The van der Waals surface area contributed by atoms with Gasteiger partial charge in [-0.25, -0.2) is 4.98 Å². The van der Waals surface area contributed by atoms with E-state index in [-0.39, 0.29) is 5.65 Å². The summed E-state index contributed by atoms with van der Waals surface area (Å²) in [7, 11) is 0. The lowest BCUT2D eigenvalue weighted by molar-refractivity contribution is -0.145. The highest BCUT2D eigenvalue weighted by Gasteiger charge is 2.37. The number of hydrogen-bond donors (Lipinski definition) is 1. The molecule has 0 radical (unpaired) electrons. The molecule has 16 heavy (non-hydrogen) atoms. The predicted octanol–water partition coefficient (Wildman–Crippen LogP) is 1.30. The van der Waals surface area contributed by atoms with Crippen LogP contribution in [0, 0.1) is 0 Å². The van der Waals surface area contributed by atoms with Gasteiger partial charge in [-0.2, -0.15) is 8.78 Å². The first-order valence-corrected chi connectivity index (χ1v) is 4.38. The van der Waals surface area contributed by atoms with Crippen LogP contribution in [0.5, 0.6) is 0 Å². The topological polar surface area (TPSA) is 67.5 Å². The van der Waals surface area contributed by atoms with Crippen LogP contribution in [0.4, 0.5) is 8.78 Å². The molecule has 2 heterocycles. The summed E-state index contributed by atoms with van der Waals surface area (Å²) in [4.78, 5) is 17.8. The number of aromatic nitrogens is 3. The molecule has 0 fully saturated rings. The highest BCUT2D eigenvalue weighted by Crippen LogP contribution is 2.31. The van der Waals surface area contributed by atoms with Crippen molar-refractivity contribution in [2.24, 2.45) is 0 Å². The van der Waals surface area contributed by atoms with Gasteiger partial charge in [0.2, 0.25) is 0 Å². The summed E-state index contributed by atoms with van der Waals surface area (Å²) in [5.41, 5.74) is -0.199. The standard InChI is InChI=1S/C9H7F2N3O2/c10-9(11,3-8(15)16)6-4-13-7-5-12-1-2-14(6)7/h1-2,4-5H,3H2,(H,15,16). The number of carbonyl (C=O) groups is 1. The van der Waals surface area contributed by atoms with Crippen molar-refractivity contribution >= 4 is 11.6 Å². The van der Waals surface area contributed by atoms with Crippen molar-refractivity contribution in [1.29, 1.82) is 0 Å². The zero-order valence-corrected chi connectivity index (χ0v) is 7.97. The van der Waals surface area contributed by atoms with Crippen LogP contribution >= 0.6 is 0 Å². The van der Waals surface area contributed by atoms with Crippen molar-refractivity contribution in [3.63, 3.8) is 0 Å². The number of nitrogens with zero attached hydrogens (tertiary/aromatic N) is 3. The molecule has 2 aromatic heterocycles. The number of alkyl halides is 2. The summed E-state index contributed by atoms with van der Waals surface area (Å²) in [6.07, 6.45) is 3.66. The Hall–Kier alpha value is -2.05. The molecule has 0 saturated heterocycles. The third-order valence-corrected chi connectivity index (χ3v) is 2.07. The number of hydrogen-bond acceptors (Lipinski definition) is 3. The Kier molecular flexibility index (Phi) is 2.30. The lowest BCUT2D eigenvalue weighted by atomic mass is 10.2. The lowest BCUT2D eigenvalue weighted by Crippen LogP contribution is -2.20. The van der Waals surface area contributed by atoms with E-state index in [1.165, 1.54) is 18.6 Å². The molecule has 0 aliphatic heterocycles. The maximum absolute atomic E-state index is 13.5. The minimum absolute atomic E-state index is 0.252. The summed E-state index contributed by atoms with van der Waals surface area (Å²) in [5, 5.41) is 8.40. The fourth-order valence-corrected chi connectivity index (χ4v) is 1.39. The summed E-state index contributed by atoms with van der Waals surface area (Å²) < 4.78 is 28.1. The minimum atomic E-state index is -3.45. The molecular weight excluding hydrogens is 220 g/mol. The van der Waals surface area contributed by atoms with Crippen LogP contribution in [0.2, 0.25) is 0 Å². The van der Waals surface area contributed by atoms with Crippen LogP contribution in [0.15, 0.2) is 24.8 Å². The first-order chi connectivity index (χ1) is 7.50. The van der Waals surface area contributed by atoms with Gasteiger partial charge in [0.15, 0.2) is 5.65 Å². The summed E-state index contributed by atoms with van der Waals surface area (Å²) in [6, 6.07) is 0. The molecule has 2 rings (SSSR count). The molecule has 0 aliphatic carbocycles. The Labute approximate surface area is 88.4 Å². The van der Waals surface area contributed by atoms with E-state index in [1.54, 1.807) is 0 Å². The van der Waals surface area contributed by atoms with Gasteiger partial charge in [0.05, 0.1) is 12.4 Å². The second kappa shape index (κ2) is 3.51. The van der Waals surface area contributed by atoms with Crippen LogP contribution < -0.4 is 0 Å². The van der Waals surface area contributed by atoms with Gasteiger partial charge in [-0.1, -0.05) is 0 Å². The van der Waals surface area contributed by atoms with Crippen molar-refractivity contribution in [2.75, 3.05) is 0 Å². The van der Waals surface area contributed by atoms with Crippen LogP contribution in [-0.4, -0.2) is 25.4 Å². The summed E-state index contributed by atoms with van der Waals surface area (Å²) in [5.74, 6) is -5.01. The average molecular weight is 227 g/mol. The second-order valence-corrected chi connectivity index (χ2v) is 3.22. The van der Waals surface area contributed by atoms with Crippen LogP contribution in [0.25, 0.3) is 5.65 Å². The third kappa shape index (κ3) is 1.71. The molecule has 0 unspecified atom stereocenters. The molecule has 0 aliphatic rings. The number of halogens is 2. The Balaban J connectivity index is 2.50. The molecule has 7 heteroatoms. The van der Waals surface area contributed by atoms with Crippen molar-refractivity contribution in [3.05, 3.63) is 30.5 Å². The van der Waals surface area contributed by atoms with E-state index in [0.717, 1.165) is 10.6 Å². The lowest BCUT2D eigenvalue weighted by Gasteiger charge is -2.12. The zero-order chi connectivity index (χ0) is 11.8. The van der Waals surface area contributed by atoms with Crippen LogP contribution in [0.3, 0.4) is 0 Å². The normalized spacial score (nSPS) is 11.9. The van der Waals surface area contributed by atoms with E-state index in [1.807, 2.05) is 0 Å². The maximum Gasteiger partial charge on any atom is 0.309 e. The molecule has 0 amide bonds. The maximum atomic E-state index is 13.5. The highest BCUT2D eigenvalue weighted by molar-refractivity contribution is 5.68. The molecule has 84 valence electrons. The van der Waals surface area contributed by atoms with E-state index in [2.05, 4.69) is 9.97 Å². The molecule has 0 spiro atoms. The molecule has 0 atom stereocenters. The van der Waals surface area contributed by atoms with Gasteiger partial charge in [0.1, 0.15) is 12.1 Å². The molecule has 0 aromatic carbocycles. The highest BCUT2D eigenvalue weighted by atomic mass is 19.3. The van der Waals surface area contributed by atoms with Crippen molar-refractivity contribution in [1.82, 2.24) is 14.4 Å². The zero-order valence-electron chi connectivity index (χ0n) is 7.97. The van der Waals surface area contributed by atoms with Gasteiger partial charge in [-0.15, -0.1) is 0 Å². The van der Waals surface area contributed by atoms with Crippen LogP contribution in [0.1, 0.15) is 12.1 Å². The molecule has 0 saturated carbocycles. The van der Waals surface area contributed by atoms with Crippen molar-refractivity contribution in [3.8, 4) is 0 Å². The Morgan fingerprint density at radius 3 is 2.94 bits per heavy atom. The quantitative estimate of drug-likeness (QED) is 0.858. The fraction of sp³-hybridized carbons (Fsp3) is 0.222. The van der Waals surface area contributed by atoms with Gasteiger partial charge in [-0.3, -0.25) is 14.2 Å². The summed E-state index contributed by atoms with van der Waals surface area (Å²) >= 11 is 0. The van der Waals surface area contributed by atoms with Gasteiger partial charge in [0, 0.05) is 12.4 Å². The Bertz CT molecular complexity index is 538. The first kappa shape index (κ1) is 10.5.